The van der Waals surface area contributed by atoms with Gasteiger partial charge in [0.2, 0.25) is 5.91 Å². The lowest BCUT2D eigenvalue weighted by molar-refractivity contribution is -0.120. The molecular weight excluding hydrogens is 192 g/mol. The molecule has 0 aromatic rings. The Labute approximate surface area is 90.7 Å². The molecule has 0 bridgehead atoms. The third-order valence-electron chi connectivity index (χ3n) is 1.93. The van der Waals surface area contributed by atoms with Crippen LogP contribution in [0, 0.1) is 0 Å². The Morgan fingerprint density at radius 2 is 2.20 bits per heavy atom. The monoisotopic (exact) mass is 210 g/mol. The molecule has 0 saturated heterocycles. The lowest BCUT2D eigenvalue weighted by Gasteiger charge is -2.12. The number of carbonyl (C=O) groups excluding carboxylic acids is 1. The van der Waals surface area contributed by atoms with Gasteiger partial charge in [-0.25, -0.2) is 0 Å². The molecule has 0 atom stereocenters. The average Bonchev–Trinajstić information content (AvgIpc) is 2.27. The van der Waals surface area contributed by atoms with Gasteiger partial charge in [0.05, 0.1) is 12.8 Å². The van der Waals surface area contributed by atoms with Gasteiger partial charge in [-0.2, -0.15) is 0 Å². The van der Waals surface area contributed by atoms with Crippen LogP contribution in [0.15, 0.2) is 29.1 Å². The molecule has 0 aromatic heterocycles. The quantitative estimate of drug-likeness (QED) is 0.426. The van der Waals surface area contributed by atoms with E-state index in [0.29, 0.717) is 23.6 Å². The maximum atomic E-state index is 11.3. The fourth-order valence-electron chi connectivity index (χ4n) is 0.957. The molecule has 1 N–H and O–H groups in total. The van der Waals surface area contributed by atoms with Crippen LogP contribution in [0.1, 0.15) is 20.3 Å². The van der Waals surface area contributed by atoms with Crippen LogP contribution in [-0.2, 0) is 9.53 Å². The number of allylic oxidation sites excluding steroid dienone is 2. The number of carbonyl (C=O) groups is 1. The van der Waals surface area contributed by atoms with Crippen molar-refractivity contribution in [2.75, 3.05) is 14.2 Å². The second-order valence-corrected chi connectivity index (χ2v) is 2.86. The molecule has 0 aliphatic rings. The molecule has 0 fully saturated rings. The first-order chi connectivity index (χ1) is 7.10. The molecule has 0 radical (unpaired) electrons. The van der Waals surface area contributed by atoms with E-state index in [9.17, 15) is 4.79 Å². The summed E-state index contributed by atoms with van der Waals surface area (Å²) in [6.45, 7) is 7.20. The van der Waals surface area contributed by atoms with Crippen LogP contribution < -0.4 is 5.32 Å². The highest BCUT2D eigenvalue weighted by Gasteiger charge is 2.10. The van der Waals surface area contributed by atoms with Crippen molar-refractivity contribution in [2.45, 2.75) is 20.3 Å². The van der Waals surface area contributed by atoms with E-state index in [4.69, 9.17) is 4.74 Å². The predicted molar refractivity (Wildman–Crippen MR) is 61.7 cm³/mol. The summed E-state index contributed by atoms with van der Waals surface area (Å²) in [4.78, 5) is 15.3. The van der Waals surface area contributed by atoms with Crippen LogP contribution in [-0.4, -0.2) is 25.8 Å². The summed E-state index contributed by atoms with van der Waals surface area (Å²) in [6.07, 6.45) is 1.95. The summed E-state index contributed by atoms with van der Waals surface area (Å²) >= 11 is 0. The van der Waals surface area contributed by atoms with Crippen molar-refractivity contribution >= 4 is 11.6 Å². The van der Waals surface area contributed by atoms with Gasteiger partial charge in [0.15, 0.2) is 0 Å². The predicted octanol–water partition coefficient (Wildman–Crippen LogP) is 1.65. The standard InChI is InChI=1S/C11H18N2O2/c1-6-9(15-5)11(8(3)12-4)13-10(14)7-2/h6H,1,7H2,2-5H3,(H,13,14)/b11-9-,12-8?. The van der Waals surface area contributed by atoms with E-state index in [0.717, 1.165) is 0 Å². The highest BCUT2D eigenvalue weighted by atomic mass is 16.5. The Morgan fingerprint density at radius 3 is 2.53 bits per heavy atom. The van der Waals surface area contributed by atoms with E-state index in [1.807, 2.05) is 0 Å². The second-order valence-electron chi connectivity index (χ2n) is 2.86. The largest absolute Gasteiger partial charge is 0.495 e. The number of methoxy groups -OCH3 is 1. The summed E-state index contributed by atoms with van der Waals surface area (Å²) in [5, 5.41) is 2.73. The van der Waals surface area contributed by atoms with Crippen LogP contribution >= 0.6 is 0 Å². The Bertz CT molecular complexity index is 304. The highest BCUT2D eigenvalue weighted by Crippen LogP contribution is 2.06. The minimum absolute atomic E-state index is 0.0793. The molecule has 0 unspecified atom stereocenters. The maximum absolute atomic E-state index is 11.3. The van der Waals surface area contributed by atoms with Gasteiger partial charge in [0.1, 0.15) is 11.5 Å². The molecule has 1 amide bonds. The van der Waals surface area contributed by atoms with Gasteiger partial charge in [0, 0.05) is 13.5 Å². The lowest BCUT2D eigenvalue weighted by Crippen LogP contribution is -2.27. The van der Waals surface area contributed by atoms with Gasteiger partial charge in [0.25, 0.3) is 0 Å². The number of nitrogens with zero attached hydrogens (tertiary/aromatic N) is 1. The van der Waals surface area contributed by atoms with E-state index < -0.39 is 0 Å². The van der Waals surface area contributed by atoms with Crippen molar-refractivity contribution in [3.8, 4) is 0 Å². The van der Waals surface area contributed by atoms with E-state index >= 15 is 0 Å². The van der Waals surface area contributed by atoms with Crippen LogP contribution in [0.5, 0.6) is 0 Å². The summed E-state index contributed by atoms with van der Waals surface area (Å²) in [7, 11) is 3.18. The van der Waals surface area contributed by atoms with Gasteiger partial charge in [-0.05, 0) is 13.0 Å². The maximum Gasteiger partial charge on any atom is 0.224 e. The van der Waals surface area contributed by atoms with Crippen LogP contribution in [0.25, 0.3) is 0 Å². The third-order valence-corrected chi connectivity index (χ3v) is 1.93. The zero-order chi connectivity index (χ0) is 11.8. The number of nitrogens with one attached hydrogen (secondary N) is 1. The molecule has 15 heavy (non-hydrogen) atoms. The molecule has 4 nitrogen and oxygen atoms in total. The Kier molecular flexibility index (Phi) is 6.09. The van der Waals surface area contributed by atoms with Gasteiger partial charge in [-0.3, -0.25) is 9.79 Å². The van der Waals surface area contributed by atoms with E-state index in [-0.39, 0.29) is 5.91 Å². The molecule has 0 aromatic carbocycles. The molecular formula is C11H18N2O2. The van der Waals surface area contributed by atoms with Crippen molar-refractivity contribution in [3.05, 3.63) is 24.1 Å². The number of rotatable bonds is 5. The smallest absolute Gasteiger partial charge is 0.224 e. The van der Waals surface area contributed by atoms with Gasteiger partial charge >= 0.3 is 0 Å². The van der Waals surface area contributed by atoms with Crippen LogP contribution in [0.4, 0.5) is 0 Å². The molecule has 84 valence electrons. The molecule has 0 spiro atoms. The fraction of sp³-hybridized carbons (Fsp3) is 0.455. The number of ether oxygens (including phenoxy) is 1. The Morgan fingerprint density at radius 1 is 1.60 bits per heavy atom. The molecule has 4 heteroatoms. The molecule has 0 rings (SSSR count). The zero-order valence-corrected chi connectivity index (χ0v) is 9.76. The van der Waals surface area contributed by atoms with Crippen LogP contribution in [0.3, 0.4) is 0 Å². The van der Waals surface area contributed by atoms with E-state index in [1.165, 1.54) is 7.11 Å². The number of hydrogen-bond donors (Lipinski definition) is 1. The van der Waals surface area contributed by atoms with Gasteiger partial charge in [-0.1, -0.05) is 13.5 Å². The molecule has 0 aliphatic heterocycles. The van der Waals surface area contributed by atoms with Crippen molar-refractivity contribution in [1.29, 1.82) is 0 Å². The fourth-order valence-corrected chi connectivity index (χ4v) is 0.957. The lowest BCUT2D eigenvalue weighted by atomic mass is 10.2. The summed E-state index contributed by atoms with van der Waals surface area (Å²) in [5.41, 5.74) is 1.27. The number of amides is 1. The normalized spacial score (nSPS) is 12.9. The molecule has 0 saturated carbocycles. The minimum Gasteiger partial charge on any atom is -0.495 e. The van der Waals surface area contributed by atoms with Gasteiger partial charge in [-0.15, -0.1) is 0 Å². The van der Waals surface area contributed by atoms with Crippen molar-refractivity contribution < 1.29 is 9.53 Å². The van der Waals surface area contributed by atoms with Crippen molar-refractivity contribution in [2.24, 2.45) is 4.99 Å². The third kappa shape index (κ3) is 3.97. The van der Waals surface area contributed by atoms with E-state index in [1.54, 1.807) is 27.0 Å². The number of aliphatic imine (C=N–C) groups is 1. The molecule has 0 aliphatic carbocycles. The summed E-state index contributed by atoms with van der Waals surface area (Å²) in [5.74, 6) is 0.435. The Balaban J connectivity index is 5.13. The van der Waals surface area contributed by atoms with Crippen molar-refractivity contribution in [1.82, 2.24) is 5.32 Å². The van der Waals surface area contributed by atoms with Crippen molar-refractivity contribution in [3.63, 3.8) is 0 Å². The van der Waals surface area contributed by atoms with E-state index in [2.05, 4.69) is 16.9 Å². The van der Waals surface area contributed by atoms with Gasteiger partial charge < -0.3 is 10.1 Å². The zero-order valence-electron chi connectivity index (χ0n) is 9.76. The topological polar surface area (TPSA) is 50.7 Å². The Hall–Kier alpha value is -1.58. The minimum atomic E-state index is -0.0793. The first-order valence-electron chi connectivity index (χ1n) is 4.74. The number of hydrogen-bond acceptors (Lipinski definition) is 3. The summed E-state index contributed by atoms with van der Waals surface area (Å²) in [6, 6.07) is 0. The average molecular weight is 210 g/mol. The first-order valence-corrected chi connectivity index (χ1v) is 4.74. The molecule has 0 heterocycles. The van der Waals surface area contributed by atoms with Crippen LogP contribution in [0.2, 0.25) is 0 Å². The first kappa shape index (κ1) is 13.4. The highest BCUT2D eigenvalue weighted by molar-refractivity contribution is 6.01. The SMILES string of the molecule is C=C/C(OC)=C(/NC(=O)CC)C(C)=NC. The summed E-state index contributed by atoms with van der Waals surface area (Å²) < 4.78 is 5.10. The second kappa shape index (κ2) is 6.81.